The highest BCUT2D eigenvalue weighted by Gasteiger charge is 2.20. The van der Waals surface area contributed by atoms with Crippen LogP contribution in [0.2, 0.25) is 5.15 Å². The molecule has 0 aliphatic heterocycles. The lowest BCUT2D eigenvalue weighted by Gasteiger charge is -2.22. The molecule has 0 spiro atoms. The van der Waals surface area contributed by atoms with Crippen LogP contribution >= 0.6 is 11.6 Å². The van der Waals surface area contributed by atoms with E-state index in [9.17, 15) is 9.59 Å². The summed E-state index contributed by atoms with van der Waals surface area (Å²) >= 11 is 5.59. The van der Waals surface area contributed by atoms with Crippen molar-refractivity contribution in [1.82, 2.24) is 14.9 Å². The van der Waals surface area contributed by atoms with E-state index in [2.05, 4.69) is 9.97 Å². The molecule has 0 fully saturated rings. The molecule has 6 nitrogen and oxygen atoms in total. The molecule has 1 aromatic heterocycles. The molecule has 1 heterocycles. The van der Waals surface area contributed by atoms with Crippen molar-refractivity contribution < 1.29 is 9.59 Å². The number of carbonyl (C=O) groups excluding carboxylic acids is 2. The summed E-state index contributed by atoms with van der Waals surface area (Å²) < 4.78 is 0. The minimum Gasteiger partial charge on any atom is -0.368 e. The number of primary amides is 1. The van der Waals surface area contributed by atoms with Crippen molar-refractivity contribution in [3.63, 3.8) is 0 Å². The molecule has 0 aromatic carbocycles. The smallest absolute Gasteiger partial charge is 0.274 e. The van der Waals surface area contributed by atoms with Gasteiger partial charge in [-0.15, -0.1) is 0 Å². The zero-order chi connectivity index (χ0) is 13.7. The molecule has 1 aromatic rings. The van der Waals surface area contributed by atoms with E-state index in [0.717, 1.165) is 0 Å². The largest absolute Gasteiger partial charge is 0.368 e. The minimum atomic E-state index is -0.564. The van der Waals surface area contributed by atoms with Crippen LogP contribution in [0.15, 0.2) is 12.4 Å². The number of rotatable bonds is 5. The minimum absolute atomic E-state index is 0.138. The van der Waals surface area contributed by atoms with Crippen LogP contribution in [0.25, 0.3) is 0 Å². The number of amides is 2. The Labute approximate surface area is 110 Å². The van der Waals surface area contributed by atoms with Gasteiger partial charge in [-0.2, -0.15) is 0 Å². The summed E-state index contributed by atoms with van der Waals surface area (Å²) in [5.74, 6) is -0.730. The molecule has 2 amide bonds. The summed E-state index contributed by atoms with van der Waals surface area (Å²) in [4.78, 5) is 32.1. The van der Waals surface area contributed by atoms with Gasteiger partial charge in [0.15, 0.2) is 0 Å². The van der Waals surface area contributed by atoms with Gasteiger partial charge in [0.25, 0.3) is 5.91 Å². The maximum atomic E-state index is 12.1. The van der Waals surface area contributed by atoms with E-state index < -0.39 is 5.91 Å². The van der Waals surface area contributed by atoms with Crippen molar-refractivity contribution in [2.24, 2.45) is 11.7 Å². The van der Waals surface area contributed by atoms with Crippen LogP contribution < -0.4 is 5.73 Å². The molecule has 0 atom stereocenters. The van der Waals surface area contributed by atoms with E-state index in [1.54, 1.807) is 0 Å². The van der Waals surface area contributed by atoms with Crippen molar-refractivity contribution in [3.05, 3.63) is 23.2 Å². The molecule has 0 bridgehead atoms. The van der Waals surface area contributed by atoms with Crippen LogP contribution in [0.5, 0.6) is 0 Å². The zero-order valence-electron chi connectivity index (χ0n) is 10.3. The van der Waals surface area contributed by atoms with E-state index in [4.69, 9.17) is 17.3 Å². The Morgan fingerprint density at radius 1 is 1.39 bits per heavy atom. The molecule has 1 rings (SSSR count). The quantitative estimate of drug-likeness (QED) is 0.853. The van der Waals surface area contributed by atoms with Crippen molar-refractivity contribution >= 4 is 23.4 Å². The predicted molar refractivity (Wildman–Crippen MR) is 67.0 cm³/mol. The molecule has 2 N–H and O–H groups in total. The molecule has 0 saturated heterocycles. The normalized spacial score (nSPS) is 10.4. The monoisotopic (exact) mass is 270 g/mol. The van der Waals surface area contributed by atoms with Gasteiger partial charge in [0.05, 0.1) is 18.9 Å². The van der Waals surface area contributed by atoms with Crippen LogP contribution in [0.4, 0.5) is 0 Å². The summed E-state index contributed by atoms with van der Waals surface area (Å²) in [7, 11) is 0. The van der Waals surface area contributed by atoms with Gasteiger partial charge in [-0.05, 0) is 5.92 Å². The second-order valence-electron chi connectivity index (χ2n) is 4.27. The van der Waals surface area contributed by atoms with Crippen LogP contribution in [-0.2, 0) is 4.79 Å². The first kappa shape index (κ1) is 14.4. The lowest BCUT2D eigenvalue weighted by Crippen LogP contribution is -2.40. The van der Waals surface area contributed by atoms with Crippen LogP contribution in [0.3, 0.4) is 0 Å². The number of hydrogen-bond donors (Lipinski definition) is 1. The Morgan fingerprint density at radius 2 is 2.06 bits per heavy atom. The van der Waals surface area contributed by atoms with Crippen molar-refractivity contribution in [2.45, 2.75) is 13.8 Å². The Morgan fingerprint density at radius 3 is 2.50 bits per heavy atom. The average molecular weight is 271 g/mol. The highest BCUT2D eigenvalue weighted by atomic mass is 35.5. The fourth-order valence-corrected chi connectivity index (χ4v) is 1.53. The molecular formula is C11H15ClN4O2. The summed E-state index contributed by atoms with van der Waals surface area (Å²) in [6.45, 7) is 4.16. The Balaban J connectivity index is 2.87. The Hall–Kier alpha value is -1.69. The number of aromatic nitrogens is 2. The maximum Gasteiger partial charge on any atom is 0.274 e. The predicted octanol–water partition coefficient (Wildman–Crippen LogP) is 0.713. The third-order valence-corrected chi connectivity index (χ3v) is 2.25. The van der Waals surface area contributed by atoms with E-state index >= 15 is 0 Å². The fraction of sp³-hybridized carbons (Fsp3) is 0.455. The van der Waals surface area contributed by atoms with E-state index in [0.29, 0.717) is 6.54 Å². The first-order valence-corrected chi connectivity index (χ1v) is 5.83. The van der Waals surface area contributed by atoms with E-state index in [1.807, 2.05) is 13.8 Å². The van der Waals surface area contributed by atoms with Crippen molar-refractivity contribution in [1.29, 1.82) is 0 Å². The SMILES string of the molecule is CC(C)CN(CC(N)=O)C(=O)c1cnc(Cl)cn1. The summed E-state index contributed by atoms with van der Waals surface area (Å²) in [5, 5.41) is 0.205. The van der Waals surface area contributed by atoms with Crippen LogP contribution in [-0.4, -0.2) is 39.8 Å². The second kappa shape index (κ2) is 6.30. The number of nitrogens with zero attached hydrogens (tertiary/aromatic N) is 3. The number of nitrogens with two attached hydrogens (primary N) is 1. The fourth-order valence-electron chi connectivity index (χ4n) is 1.43. The molecule has 0 aliphatic carbocycles. The topological polar surface area (TPSA) is 89.2 Å². The Kier molecular flexibility index (Phi) is 5.03. The van der Waals surface area contributed by atoms with E-state index in [-0.39, 0.29) is 29.2 Å². The van der Waals surface area contributed by atoms with Crippen LogP contribution in [0.1, 0.15) is 24.3 Å². The highest BCUT2D eigenvalue weighted by molar-refractivity contribution is 6.29. The van der Waals surface area contributed by atoms with Gasteiger partial charge in [-0.3, -0.25) is 9.59 Å². The first-order chi connectivity index (χ1) is 8.40. The molecule has 18 heavy (non-hydrogen) atoms. The number of hydrogen-bond acceptors (Lipinski definition) is 4. The van der Waals surface area contributed by atoms with E-state index in [1.165, 1.54) is 17.3 Å². The summed E-state index contributed by atoms with van der Waals surface area (Å²) in [5.41, 5.74) is 5.26. The number of carbonyl (C=O) groups is 2. The highest BCUT2D eigenvalue weighted by Crippen LogP contribution is 2.07. The van der Waals surface area contributed by atoms with Crippen molar-refractivity contribution in [3.8, 4) is 0 Å². The average Bonchev–Trinajstić information content (AvgIpc) is 2.27. The lowest BCUT2D eigenvalue weighted by molar-refractivity contribution is -0.118. The van der Waals surface area contributed by atoms with Gasteiger partial charge in [0, 0.05) is 6.54 Å². The van der Waals surface area contributed by atoms with Crippen molar-refractivity contribution in [2.75, 3.05) is 13.1 Å². The first-order valence-electron chi connectivity index (χ1n) is 5.45. The molecule has 0 aliphatic rings. The molecule has 0 radical (unpaired) electrons. The zero-order valence-corrected chi connectivity index (χ0v) is 11.0. The standard InChI is InChI=1S/C11H15ClN4O2/c1-7(2)5-16(6-10(13)17)11(18)8-3-15-9(12)4-14-8/h3-4,7H,5-6H2,1-2H3,(H2,13,17). The van der Waals surface area contributed by atoms with Gasteiger partial charge in [-0.1, -0.05) is 25.4 Å². The lowest BCUT2D eigenvalue weighted by atomic mass is 10.2. The molecule has 0 unspecified atom stereocenters. The summed E-state index contributed by atoms with van der Waals surface area (Å²) in [6.07, 6.45) is 2.56. The third kappa shape index (κ3) is 4.29. The van der Waals surface area contributed by atoms with Gasteiger partial charge in [-0.25, -0.2) is 9.97 Å². The number of halogens is 1. The van der Waals surface area contributed by atoms with Gasteiger partial charge in [0.2, 0.25) is 5.91 Å². The molecule has 0 saturated carbocycles. The van der Waals surface area contributed by atoms with Gasteiger partial charge < -0.3 is 10.6 Å². The van der Waals surface area contributed by atoms with Gasteiger partial charge in [0.1, 0.15) is 10.8 Å². The molecular weight excluding hydrogens is 256 g/mol. The second-order valence-corrected chi connectivity index (χ2v) is 4.66. The maximum absolute atomic E-state index is 12.1. The third-order valence-electron chi connectivity index (χ3n) is 2.06. The Bertz CT molecular complexity index is 433. The van der Waals surface area contributed by atoms with Gasteiger partial charge >= 0.3 is 0 Å². The molecule has 98 valence electrons. The molecule has 7 heteroatoms. The van der Waals surface area contributed by atoms with Crippen LogP contribution in [0, 0.1) is 5.92 Å². The summed E-state index contributed by atoms with van der Waals surface area (Å²) in [6, 6.07) is 0.